The molecule has 212 valence electrons. The number of fused-ring (bicyclic) bond motifs is 2. The van der Waals surface area contributed by atoms with Crippen molar-refractivity contribution in [3.8, 4) is 5.75 Å². The summed E-state index contributed by atoms with van der Waals surface area (Å²) in [4.78, 5) is 19.5. The van der Waals surface area contributed by atoms with Crippen LogP contribution in [0.1, 0.15) is 93.6 Å². The molecule has 1 fully saturated rings. The molecule has 0 radical (unpaired) electrons. The number of hydrogen-bond acceptors (Lipinski definition) is 6. The van der Waals surface area contributed by atoms with Crippen LogP contribution in [0.15, 0.2) is 30.3 Å². The van der Waals surface area contributed by atoms with Gasteiger partial charge in [-0.05, 0) is 93.0 Å². The van der Waals surface area contributed by atoms with Crippen LogP contribution < -0.4 is 10.1 Å². The fourth-order valence-electron chi connectivity index (χ4n) is 6.81. The second-order valence-corrected chi connectivity index (χ2v) is 12.4. The van der Waals surface area contributed by atoms with E-state index in [9.17, 15) is 9.90 Å². The van der Waals surface area contributed by atoms with Crippen LogP contribution in [0, 0.1) is 5.41 Å². The summed E-state index contributed by atoms with van der Waals surface area (Å²) in [7, 11) is 1.97. The van der Waals surface area contributed by atoms with Gasteiger partial charge in [0.05, 0.1) is 12.7 Å². The van der Waals surface area contributed by atoms with E-state index in [-0.39, 0.29) is 23.5 Å². The molecule has 2 aliphatic heterocycles. The van der Waals surface area contributed by atoms with Gasteiger partial charge in [-0.1, -0.05) is 39.0 Å². The maximum Gasteiger partial charge on any atom is 0.325 e. The largest absolute Gasteiger partial charge is 0.493 e. The Morgan fingerprint density at radius 1 is 1.28 bits per heavy atom. The average Bonchev–Trinajstić information content (AvgIpc) is 3.22. The molecule has 7 nitrogen and oxygen atoms in total. The molecular weight excluding hydrogens is 490 g/mol. The van der Waals surface area contributed by atoms with Crippen molar-refractivity contribution >= 4 is 11.8 Å². The Morgan fingerprint density at radius 3 is 2.95 bits per heavy atom. The maximum absolute atomic E-state index is 12.7. The number of aromatic nitrogens is 1. The highest BCUT2D eigenvalue weighted by atomic mass is 16.5. The molecule has 0 unspecified atom stereocenters. The van der Waals surface area contributed by atoms with Crippen LogP contribution >= 0.6 is 0 Å². The summed E-state index contributed by atoms with van der Waals surface area (Å²) in [6, 6.07) is 9.69. The van der Waals surface area contributed by atoms with Gasteiger partial charge in [0.1, 0.15) is 17.6 Å². The van der Waals surface area contributed by atoms with Crippen molar-refractivity contribution < 1.29 is 19.4 Å². The predicted octanol–water partition coefficient (Wildman–Crippen LogP) is 5.98. The van der Waals surface area contributed by atoms with Crippen molar-refractivity contribution in [3.63, 3.8) is 0 Å². The van der Waals surface area contributed by atoms with Crippen LogP contribution in [0.2, 0.25) is 0 Å². The van der Waals surface area contributed by atoms with E-state index in [1.54, 1.807) is 0 Å². The topological polar surface area (TPSA) is 83.9 Å². The van der Waals surface area contributed by atoms with Gasteiger partial charge in [-0.25, -0.2) is 4.98 Å². The van der Waals surface area contributed by atoms with Crippen LogP contribution in [-0.4, -0.2) is 59.9 Å². The van der Waals surface area contributed by atoms with Gasteiger partial charge < -0.3 is 19.9 Å². The minimum atomic E-state index is -0.808. The van der Waals surface area contributed by atoms with Gasteiger partial charge in [0.2, 0.25) is 0 Å². The van der Waals surface area contributed by atoms with Gasteiger partial charge in [-0.15, -0.1) is 0 Å². The van der Waals surface area contributed by atoms with Gasteiger partial charge >= 0.3 is 5.97 Å². The fraction of sp³-hybridized carbons (Fsp3) is 0.625. The molecule has 2 N–H and O–H groups in total. The van der Waals surface area contributed by atoms with E-state index < -0.39 is 12.0 Å². The lowest BCUT2D eigenvalue weighted by molar-refractivity contribution is -0.144. The van der Waals surface area contributed by atoms with Gasteiger partial charge in [0.25, 0.3) is 0 Å². The molecule has 0 saturated heterocycles. The number of likely N-dealkylation sites (N-methyl/N-ethyl adjacent to an activating group) is 1. The van der Waals surface area contributed by atoms with Crippen molar-refractivity contribution in [1.82, 2.24) is 9.88 Å². The zero-order valence-electron chi connectivity index (χ0n) is 24.0. The number of benzene rings is 1. The summed E-state index contributed by atoms with van der Waals surface area (Å²) in [5.74, 6) is 1.37. The van der Waals surface area contributed by atoms with E-state index in [0.29, 0.717) is 6.61 Å². The minimum absolute atomic E-state index is 0.0137. The Labute approximate surface area is 233 Å². The molecule has 4 atom stereocenters. The molecule has 39 heavy (non-hydrogen) atoms. The van der Waals surface area contributed by atoms with Crippen molar-refractivity contribution in [2.24, 2.45) is 5.41 Å². The number of aryl methyl sites for hydroxylation is 2. The lowest BCUT2D eigenvalue weighted by Crippen LogP contribution is -2.39. The van der Waals surface area contributed by atoms with Crippen LogP contribution in [-0.2, 0) is 22.4 Å². The maximum atomic E-state index is 12.7. The average molecular weight is 536 g/mol. The first kappa shape index (κ1) is 27.9. The monoisotopic (exact) mass is 535 g/mol. The molecule has 3 heterocycles. The van der Waals surface area contributed by atoms with Crippen LogP contribution in [0.3, 0.4) is 0 Å². The van der Waals surface area contributed by atoms with Crippen LogP contribution in [0.5, 0.6) is 5.75 Å². The predicted molar refractivity (Wildman–Crippen MR) is 154 cm³/mol. The van der Waals surface area contributed by atoms with E-state index in [1.807, 2.05) is 25.2 Å². The summed E-state index contributed by atoms with van der Waals surface area (Å²) in [6.45, 7) is 9.10. The number of carbonyl (C=O) groups is 1. The normalized spacial score (nSPS) is 24.4. The van der Waals surface area contributed by atoms with E-state index in [4.69, 9.17) is 14.5 Å². The molecule has 2 aromatic rings. The number of nitrogens with zero attached hydrogens (tertiary/aromatic N) is 2. The third-order valence-corrected chi connectivity index (χ3v) is 9.13. The quantitative estimate of drug-likeness (QED) is 0.362. The first-order valence-electron chi connectivity index (χ1n) is 14.8. The van der Waals surface area contributed by atoms with Crippen molar-refractivity contribution in [2.45, 2.75) is 96.2 Å². The van der Waals surface area contributed by atoms with E-state index in [2.05, 4.69) is 43.1 Å². The molecule has 1 saturated carbocycles. The lowest BCUT2D eigenvalue weighted by atomic mass is 9.86. The molecule has 1 aromatic carbocycles. The Kier molecular flexibility index (Phi) is 8.48. The Balaban J connectivity index is 1.17. The summed E-state index contributed by atoms with van der Waals surface area (Å²) in [5, 5.41) is 13.8. The summed E-state index contributed by atoms with van der Waals surface area (Å²) in [6.07, 6.45) is 8.06. The number of ether oxygens (including phenoxy) is 2. The lowest BCUT2D eigenvalue weighted by Gasteiger charge is -2.34. The number of carboxylic acids is 1. The molecule has 1 aliphatic carbocycles. The second-order valence-electron chi connectivity index (χ2n) is 12.4. The zero-order chi connectivity index (χ0) is 27.6. The van der Waals surface area contributed by atoms with Gasteiger partial charge in [-0.2, -0.15) is 0 Å². The number of unbranched alkanes of at least 4 members (excludes halogenated alkanes) is 1. The number of hydrogen-bond donors (Lipinski definition) is 2. The number of carboxylic acid groups (broad SMARTS) is 1. The molecule has 0 amide bonds. The molecule has 5 rings (SSSR count). The number of rotatable bonds is 10. The third-order valence-electron chi connectivity index (χ3n) is 9.13. The zero-order valence-corrected chi connectivity index (χ0v) is 24.0. The highest BCUT2D eigenvalue weighted by molar-refractivity contribution is 5.77. The van der Waals surface area contributed by atoms with Crippen molar-refractivity contribution in [1.29, 1.82) is 0 Å². The second kappa shape index (κ2) is 11.8. The van der Waals surface area contributed by atoms with Gasteiger partial charge in [0.15, 0.2) is 0 Å². The van der Waals surface area contributed by atoms with Gasteiger partial charge in [0, 0.05) is 30.5 Å². The van der Waals surface area contributed by atoms with Crippen LogP contribution in [0.25, 0.3) is 0 Å². The van der Waals surface area contributed by atoms with Crippen molar-refractivity contribution in [2.75, 3.05) is 32.1 Å². The summed E-state index contributed by atoms with van der Waals surface area (Å²) >= 11 is 0. The number of anilines is 1. The molecule has 7 heteroatoms. The molecule has 0 bridgehead atoms. The molecular formula is C32H45N3O4. The van der Waals surface area contributed by atoms with Crippen LogP contribution in [0.4, 0.5) is 5.82 Å². The highest BCUT2D eigenvalue weighted by Crippen LogP contribution is 2.45. The SMILES string of the molecule is C[C@H]1CCOc2cccc([C@@H](C(=O)O)N(C)[C@H]3C[C@H](OCCCCc4ccc5c(n4)NCCC5)C(C)(C)C3)c21. The van der Waals surface area contributed by atoms with Crippen molar-refractivity contribution in [3.05, 3.63) is 52.7 Å². The number of pyridine rings is 1. The Hall–Kier alpha value is -2.64. The van der Waals surface area contributed by atoms with Gasteiger partial charge in [-0.3, -0.25) is 9.69 Å². The standard InChI is InChI=1S/C32H45N3O4/c1-21-15-18-38-26-12-7-11-25(28(21)26)29(31(36)37)35(4)24-19-27(32(2,3)20-24)39-17-6-5-10-23-14-13-22-9-8-16-33-30(22)34-23/h7,11-14,21,24,27,29H,5-6,8-10,15-20H2,1-4H3,(H,33,34)(H,36,37)/t21-,24-,27-,29-/m0/s1. The summed E-state index contributed by atoms with van der Waals surface area (Å²) in [5.41, 5.74) is 4.38. The number of aliphatic carboxylic acids is 1. The first-order chi connectivity index (χ1) is 18.7. The Bertz CT molecular complexity index is 1170. The highest BCUT2D eigenvalue weighted by Gasteiger charge is 2.45. The van der Waals surface area contributed by atoms with E-state index in [1.165, 1.54) is 12.0 Å². The molecule has 0 spiro atoms. The van der Waals surface area contributed by atoms with E-state index in [0.717, 1.165) is 86.5 Å². The van der Waals surface area contributed by atoms with E-state index >= 15 is 0 Å². The minimum Gasteiger partial charge on any atom is -0.493 e. The Morgan fingerprint density at radius 2 is 2.13 bits per heavy atom. The molecule has 3 aliphatic rings. The molecule has 1 aromatic heterocycles. The first-order valence-corrected chi connectivity index (χ1v) is 14.8. The third kappa shape index (κ3) is 6.09. The summed E-state index contributed by atoms with van der Waals surface area (Å²) < 4.78 is 12.4. The number of nitrogens with one attached hydrogen (secondary N) is 1. The fourth-order valence-corrected chi connectivity index (χ4v) is 6.81. The smallest absolute Gasteiger partial charge is 0.325 e.